The molecule has 1 saturated heterocycles. The minimum absolute atomic E-state index is 0.431. The highest BCUT2D eigenvalue weighted by atomic mass is 16.5. The molecule has 1 heterocycles. The summed E-state index contributed by atoms with van der Waals surface area (Å²) in [5.41, 5.74) is 0.431. The molecule has 0 aromatic carbocycles. The van der Waals surface area contributed by atoms with Gasteiger partial charge < -0.3 is 14.8 Å². The predicted molar refractivity (Wildman–Crippen MR) is 86.8 cm³/mol. The van der Waals surface area contributed by atoms with Crippen molar-refractivity contribution in [2.45, 2.75) is 63.5 Å². The van der Waals surface area contributed by atoms with Gasteiger partial charge in [-0.15, -0.1) is 0 Å². The lowest BCUT2D eigenvalue weighted by Gasteiger charge is -2.48. The summed E-state index contributed by atoms with van der Waals surface area (Å²) in [6.45, 7) is 8.25. The van der Waals surface area contributed by atoms with Crippen molar-refractivity contribution in [3.8, 4) is 0 Å². The van der Waals surface area contributed by atoms with Crippen LogP contribution >= 0.6 is 0 Å². The molecule has 4 heteroatoms. The Bertz CT molecular complexity index is 280. The maximum atomic E-state index is 5.79. The van der Waals surface area contributed by atoms with E-state index in [1.54, 1.807) is 7.11 Å². The molecule has 4 nitrogen and oxygen atoms in total. The van der Waals surface area contributed by atoms with Crippen molar-refractivity contribution in [3.05, 3.63) is 0 Å². The van der Waals surface area contributed by atoms with E-state index in [1.165, 1.54) is 51.6 Å². The lowest BCUT2D eigenvalue weighted by molar-refractivity contribution is 0.00886. The Hall–Kier alpha value is -0.160. The molecular weight excluding hydrogens is 264 g/mol. The van der Waals surface area contributed by atoms with E-state index >= 15 is 0 Å². The SMILES string of the molecule is CCCC1CN(CCOCCCOC)C2(CCCC2)CN1. The van der Waals surface area contributed by atoms with E-state index in [-0.39, 0.29) is 0 Å². The molecule has 0 aromatic rings. The van der Waals surface area contributed by atoms with E-state index in [9.17, 15) is 0 Å². The van der Waals surface area contributed by atoms with Crippen LogP contribution < -0.4 is 5.32 Å². The van der Waals surface area contributed by atoms with Gasteiger partial charge in [0.05, 0.1) is 6.61 Å². The Morgan fingerprint density at radius 3 is 2.71 bits per heavy atom. The molecule has 0 amide bonds. The molecule has 1 aliphatic carbocycles. The lowest BCUT2D eigenvalue weighted by atomic mass is 9.90. The minimum atomic E-state index is 0.431. The van der Waals surface area contributed by atoms with Gasteiger partial charge in [0.15, 0.2) is 0 Å². The summed E-state index contributed by atoms with van der Waals surface area (Å²) in [6.07, 6.45) is 9.08. The van der Waals surface area contributed by atoms with E-state index in [0.717, 1.165) is 32.8 Å². The molecule has 124 valence electrons. The van der Waals surface area contributed by atoms with Gasteiger partial charge in [-0.1, -0.05) is 26.2 Å². The van der Waals surface area contributed by atoms with Gasteiger partial charge in [-0.25, -0.2) is 0 Å². The van der Waals surface area contributed by atoms with Crippen LogP contribution in [0.15, 0.2) is 0 Å². The standard InChI is InChI=1S/C17H34N2O2/c1-3-7-16-14-19(10-13-21-12-6-11-20-2)17(15-18-16)8-4-5-9-17/h16,18H,3-15H2,1-2H3. The molecule has 1 aliphatic heterocycles. The zero-order chi connectivity index (χ0) is 15.0. The first kappa shape index (κ1) is 17.2. The number of methoxy groups -OCH3 is 1. The quantitative estimate of drug-likeness (QED) is 0.663. The van der Waals surface area contributed by atoms with Gasteiger partial charge in [0.25, 0.3) is 0 Å². The summed E-state index contributed by atoms with van der Waals surface area (Å²) < 4.78 is 10.9. The lowest BCUT2D eigenvalue weighted by Crippen LogP contribution is -2.64. The number of rotatable bonds is 9. The fourth-order valence-electron chi connectivity index (χ4n) is 3.95. The van der Waals surface area contributed by atoms with Crippen molar-refractivity contribution in [3.63, 3.8) is 0 Å². The number of hydrogen-bond donors (Lipinski definition) is 1. The van der Waals surface area contributed by atoms with Crippen molar-refractivity contribution in [2.24, 2.45) is 0 Å². The molecule has 2 fully saturated rings. The first-order chi connectivity index (χ1) is 10.3. The highest BCUT2D eigenvalue weighted by Crippen LogP contribution is 2.37. The largest absolute Gasteiger partial charge is 0.385 e. The van der Waals surface area contributed by atoms with Crippen LogP contribution in [-0.4, -0.2) is 63.0 Å². The fourth-order valence-corrected chi connectivity index (χ4v) is 3.95. The summed E-state index contributed by atoms with van der Waals surface area (Å²) in [5.74, 6) is 0. The maximum absolute atomic E-state index is 5.79. The third-order valence-electron chi connectivity index (χ3n) is 5.15. The van der Waals surface area contributed by atoms with E-state index in [2.05, 4.69) is 17.1 Å². The monoisotopic (exact) mass is 298 g/mol. The van der Waals surface area contributed by atoms with Crippen molar-refractivity contribution in [2.75, 3.05) is 46.6 Å². The van der Waals surface area contributed by atoms with Crippen molar-refractivity contribution >= 4 is 0 Å². The smallest absolute Gasteiger partial charge is 0.0593 e. The van der Waals surface area contributed by atoms with Crippen LogP contribution in [-0.2, 0) is 9.47 Å². The zero-order valence-corrected chi connectivity index (χ0v) is 14.0. The van der Waals surface area contributed by atoms with Gasteiger partial charge >= 0.3 is 0 Å². The van der Waals surface area contributed by atoms with Crippen LogP contribution in [0.5, 0.6) is 0 Å². The number of hydrogen-bond acceptors (Lipinski definition) is 4. The summed E-state index contributed by atoms with van der Waals surface area (Å²) in [6, 6.07) is 0.676. The molecule has 21 heavy (non-hydrogen) atoms. The van der Waals surface area contributed by atoms with Crippen molar-refractivity contribution < 1.29 is 9.47 Å². The summed E-state index contributed by atoms with van der Waals surface area (Å²) >= 11 is 0. The Morgan fingerprint density at radius 1 is 1.19 bits per heavy atom. The molecule has 1 unspecified atom stereocenters. The average Bonchev–Trinajstić information content (AvgIpc) is 2.96. The molecule has 1 saturated carbocycles. The topological polar surface area (TPSA) is 33.7 Å². The fraction of sp³-hybridized carbons (Fsp3) is 1.00. The number of ether oxygens (including phenoxy) is 2. The summed E-state index contributed by atoms with van der Waals surface area (Å²) in [5, 5.41) is 3.80. The second-order valence-electron chi connectivity index (χ2n) is 6.70. The molecular formula is C17H34N2O2. The van der Waals surface area contributed by atoms with Gasteiger partial charge in [-0.2, -0.15) is 0 Å². The van der Waals surface area contributed by atoms with E-state index in [0.29, 0.717) is 11.6 Å². The molecule has 0 aromatic heterocycles. The van der Waals surface area contributed by atoms with Gasteiger partial charge in [-0.05, 0) is 25.7 Å². The third-order valence-corrected chi connectivity index (χ3v) is 5.15. The summed E-state index contributed by atoms with van der Waals surface area (Å²) in [4.78, 5) is 2.74. The molecule has 0 bridgehead atoms. The van der Waals surface area contributed by atoms with Gasteiger partial charge in [0.2, 0.25) is 0 Å². The Balaban J connectivity index is 1.77. The first-order valence-electron chi connectivity index (χ1n) is 8.86. The van der Waals surface area contributed by atoms with Gasteiger partial charge in [-0.3, -0.25) is 4.90 Å². The van der Waals surface area contributed by atoms with E-state index in [4.69, 9.17) is 9.47 Å². The van der Waals surface area contributed by atoms with Gasteiger partial charge in [0.1, 0.15) is 0 Å². The minimum Gasteiger partial charge on any atom is -0.385 e. The first-order valence-corrected chi connectivity index (χ1v) is 8.86. The highest BCUT2D eigenvalue weighted by molar-refractivity contribution is 5.01. The Morgan fingerprint density at radius 2 is 2.00 bits per heavy atom. The Labute approximate surface area is 130 Å². The highest BCUT2D eigenvalue weighted by Gasteiger charge is 2.42. The third kappa shape index (κ3) is 4.92. The maximum Gasteiger partial charge on any atom is 0.0593 e. The second-order valence-corrected chi connectivity index (χ2v) is 6.70. The van der Waals surface area contributed by atoms with Crippen LogP contribution in [0.2, 0.25) is 0 Å². The molecule has 1 atom stereocenters. The molecule has 2 aliphatic rings. The van der Waals surface area contributed by atoms with E-state index in [1.807, 2.05) is 0 Å². The average molecular weight is 298 g/mol. The van der Waals surface area contributed by atoms with Crippen LogP contribution in [0.1, 0.15) is 51.9 Å². The second kappa shape index (κ2) is 9.09. The van der Waals surface area contributed by atoms with Crippen LogP contribution in [0.25, 0.3) is 0 Å². The normalized spacial score (nSPS) is 25.7. The molecule has 0 radical (unpaired) electrons. The molecule has 1 N–H and O–H groups in total. The van der Waals surface area contributed by atoms with Gasteiger partial charge in [0, 0.05) is 51.5 Å². The van der Waals surface area contributed by atoms with Crippen LogP contribution in [0.4, 0.5) is 0 Å². The summed E-state index contributed by atoms with van der Waals surface area (Å²) in [7, 11) is 1.75. The predicted octanol–water partition coefficient (Wildman–Crippen LogP) is 2.43. The van der Waals surface area contributed by atoms with Crippen LogP contribution in [0.3, 0.4) is 0 Å². The van der Waals surface area contributed by atoms with Crippen molar-refractivity contribution in [1.29, 1.82) is 0 Å². The molecule has 1 spiro atoms. The van der Waals surface area contributed by atoms with Crippen molar-refractivity contribution in [1.82, 2.24) is 10.2 Å². The van der Waals surface area contributed by atoms with Crippen LogP contribution in [0, 0.1) is 0 Å². The molecule has 2 rings (SSSR count). The number of nitrogens with zero attached hydrogens (tertiary/aromatic N) is 1. The van der Waals surface area contributed by atoms with E-state index < -0.39 is 0 Å². The Kier molecular flexibility index (Phi) is 7.44. The zero-order valence-electron chi connectivity index (χ0n) is 14.0. The number of piperazine rings is 1. The number of nitrogens with one attached hydrogen (secondary N) is 1.